The lowest BCUT2D eigenvalue weighted by Gasteiger charge is -2.32. The predicted molar refractivity (Wildman–Crippen MR) is 131 cm³/mol. The normalized spacial score (nSPS) is 19.1. The molecule has 7 nitrogen and oxygen atoms in total. The van der Waals surface area contributed by atoms with E-state index in [-0.39, 0.29) is 30.4 Å². The van der Waals surface area contributed by atoms with Crippen LogP contribution in [0.5, 0.6) is 5.75 Å². The van der Waals surface area contributed by atoms with E-state index in [0.29, 0.717) is 39.0 Å². The number of esters is 1. The Kier molecular flexibility index (Phi) is 7.63. The Morgan fingerprint density at radius 1 is 1.06 bits per heavy atom. The second kappa shape index (κ2) is 10.8. The molecule has 2 heterocycles. The fourth-order valence-electron chi connectivity index (χ4n) is 4.75. The van der Waals surface area contributed by atoms with Gasteiger partial charge in [0.2, 0.25) is 0 Å². The van der Waals surface area contributed by atoms with Gasteiger partial charge in [-0.1, -0.05) is 24.3 Å². The Bertz CT molecular complexity index is 1040. The molecule has 0 N–H and O–H groups in total. The summed E-state index contributed by atoms with van der Waals surface area (Å²) in [6.45, 7) is 6.00. The molecule has 0 saturated carbocycles. The first kappa shape index (κ1) is 24.0. The molecule has 2 aliphatic rings. The summed E-state index contributed by atoms with van der Waals surface area (Å²) in [5, 5.41) is 6.47. The standard InChI is InChI=1S/C27H33N3O4/c1-4-34-27(32)21-13-15-29(16-14-21)18-26(31)30-25(23-8-6-5-7-19(23)2)17-24(28-30)20-9-11-22(33-3)12-10-20/h5-12,21,25H,4,13-18H2,1-3H3/t25-/m1/s1. The molecule has 34 heavy (non-hydrogen) atoms. The van der Waals surface area contributed by atoms with Crippen molar-refractivity contribution in [1.29, 1.82) is 0 Å². The number of amides is 1. The third kappa shape index (κ3) is 5.30. The van der Waals surface area contributed by atoms with Crippen LogP contribution in [0.15, 0.2) is 53.6 Å². The van der Waals surface area contributed by atoms with Gasteiger partial charge in [0, 0.05) is 6.42 Å². The number of ether oxygens (including phenoxy) is 2. The van der Waals surface area contributed by atoms with Crippen LogP contribution in [-0.2, 0) is 14.3 Å². The van der Waals surface area contributed by atoms with E-state index < -0.39 is 0 Å². The minimum Gasteiger partial charge on any atom is -0.497 e. The van der Waals surface area contributed by atoms with Crippen LogP contribution >= 0.6 is 0 Å². The van der Waals surface area contributed by atoms with Crippen LogP contribution in [0, 0.1) is 12.8 Å². The smallest absolute Gasteiger partial charge is 0.309 e. The molecular formula is C27H33N3O4. The second-order valence-electron chi connectivity index (χ2n) is 8.89. The van der Waals surface area contributed by atoms with Crippen molar-refractivity contribution in [3.8, 4) is 5.75 Å². The van der Waals surface area contributed by atoms with E-state index in [1.165, 1.54) is 0 Å². The maximum atomic E-state index is 13.5. The zero-order valence-corrected chi connectivity index (χ0v) is 20.2. The van der Waals surface area contributed by atoms with Crippen LogP contribution in [0.25, 0.3) is 0 Å². The van der Waals surface area contributed by atoms with Crippen molar-refractivity contribution >= 4 is 17.6 Å². The van der Waals surface area contributed by atoms with Crippen molar-refractivity contribution < 1.29 is 19.1 Å². The first-order chi connectivity index (χ1) is 16.5. The minimum absolute atomic E-state index is 0.0219. The molecule has 2 aromatic rings. The van der Waals surface area contributed by atoms with Gasteiger partial charge in [-0.2, -0.15) is 5.10 Å². The van der Waals surface area contributed by atoms with Gasteiger partial charge in [0.1, 0.15) is 5.75 Å². The molecule has 4 rings (SSSR count). The number of nitrogens with zero attached hydrogens (tertiary/aromatic N) is 3. The first-order valence-electron chi connectivity index (χ1n) is 12.0. The van der Waals surface area contributed by atoms with Crippen molar-refractivity contribution in [2.45, 2.75) is 39.2 Å². The van der Waals surface area contributed by atoms with Gasteiger partial charge in [-0.3, -0.25) is 14.5 Å². The van der Waals surface area contributed by atoms with Gasteiger partial charge in [-0.15, -0.1) is 0 Å². The Morgan fingerprint density at radius 2 is 1.76 bits per heavy atom. The molecule has 0 bridgehead atoms. The number of hydrogen-bond acceptors (Lipinski definition) is 6. The lowest BCUT2D eigenvalue weighted by Crippen LogP contribution is -2.43. The van der Waals surface area contributed by atoms with E-state index in [9.17, 15) is 9.59 Å². The highest BCUT2D eigenvalue weighted by molar-refractivity contribution is 6.03. The van der Waals surface area contributed by atoms with E-state index in [1.807, 2.05) is 43.3 Å². The Hall–Kier alpha value is -3.19. The number of hydrazone groups is 1. The molecule has 1 atom stereocenters. The second-order valence-corrected chi connectivity index (χ2v) is 8.89. The molecule has 0 aromatic heterocycles. The van der Waals surface area contributed by atoms with E-state index >= 15 is 0 Å². The quantitative estimate of drug-likeness (QED) is 0.582. The third-order valence-electron chi connectivity index (χ3n) is 6.70. The highest BCUT2D eigenvalue weighted by atomic mass is 16.5. The summed E-state index contributed by atoms with van der Waals surface area (Å²) < 4.78 is 10.4. The SMILES string of the molecule is CCOC(=O)C1CCN(CC(=O)N2N=C(c3ccc(OC)cc3)C[C@@H]2c2ccccc2C)CC1. The van der Waals surface area contributed by atoms with Crippen molar-refractivity contribution in [3.63, 3.8) is 0 Å². The zero-order chi connectivity index (χ0) is 24.1. The number of methoxy groups -OCH3 is 1. The molecule has 7 heteroatoms. The molecule has 180 valence electrons. The summed E-state index contributed by atoms with van der Waals surface area (Å²) in [7, 11) is 1.65. The Labute approximate surface area is 201 Å². The Morgan fingerprint density at radius 3 is 2.41 bits per heavy atom. The number of benzene rings is 2. The number of carbonyl (C=O) groups excluding carboxylic acids is 2. The average molecular weight is 464 g/mol. The van der Waals surface area contributed by atoms with E-state index in [1.54, 1.807) is 12.1 Å². The fraction of sp³-hybridized carbons (Fsp3) is 0.444. The first-order valence-corrected chi connectivity index (χ1v) is 12.0. The summed E-state index contributed by atoms with van der Waals surface area (Å²) >= 11 is 0. The highest BCUT2D eigenvalue weighted by Crippen LogP contribution is 2.35. The van der Waals surface area contributed by atoms with Crippen LogP contribution in [-0.4, -0.2) is 60.8 Å². The maximum Gasteiger partial charge on any atom is 0.309 e. The molecule has 2 aliphatic heterocycles. The van der Waals surface area contributed by atoms with Crippen molar-refractivity contribution in [2.75, 3.05) is 33.4 Å². The van der Waals surface area contributed by atoms with Crippen LogP contribution in [0.4, 0.5) is 0 Å². The number of hydrogen-bond donors (Lipinski definition) is 0. The van der Waals surface area contributed by atoms with Gasteiger partial charge >= 0.3 is 5.97 Å². The van der Waals surface area contributed by atoms with Gasteiger partial charge < -0.3 is 9.47 Å². The Balaban J connectivity index is 1.50. The molecular weight excluding hydrogens is 430 g/mol. The van der Waals surface area contributed by atoms with Gasteiger partial charge in [-0.05, 0) is 80.7 Å². The molecule has 0 radical (unpaired) electrons. The molecule has 0 unspecified atom stereocenters. The molecule has 1 amide bonds. The molecule has 2 aromatic carbocycles. The van der Waals surface area contributed by atoms with Crippen molar-refractivity contribution in [3.05, 3.63) is 65.2 Å². The van der Waals surface area contributed by atoms with E-state index in [4.69, 9.17) is 14.6 Å². The fourth-order valence-corrected chi connectivity index (χ4v) is 4.75. The molecule has 0 aliphatic carbocycles. The third-order valence-corrected chi connectivity index (χ3v) is 6.70. The largest absolute Gasteiger partial charge is 0.497 e. The lowest BCUT2D eigenvalue weighted by atomic mass is 9.95. The van der Waals surface area contributed by atoms with Crippen LogP contribution < -0.4 is 4.74 Å². The lowest BCUT2D eigenvalue weighted by molar-refractivity contribution is -0.149. The monoisotopic (exact) mass is 463 g/mol. The van der Waals surface area contributed by atoms with Crippen LogP contribution in [0.1, 0.15) is 48.9 Å². The zero-order valence-electron chi connectivity index (χ0n) is 20.2. The number of aryl methyl sites for hydroxylation is 1. The minimum atomic E-state index is -0.136. The predicted octanol–water partition coefficient (Wildman–Crippen LogP) is 3.96. The number of likely N-dealkylation sites (tertiary alicyclic amines) is 1. The summed E-state index contributed by atoms with van der Waals surface area (Å²) in [5.74, 6) is 0.571. The van der Waals surface area contributed by atoms with Crippen molar-refractivity contribution in [1.82, 2.24) is 9.91 Å². The average Bonchev–Trinajstić information content (AvgIpc) is 3.30. The molecule has 1 fully saturated rings. The van der Waals surface area contributed by atoms with Crippen LogP contribution in [0.2, 0.25) is 0 Å². The van der Waals surface area contributed by atoms with Gasteiger partial charge in [0.15, 0.2) is 0 Å². The summed E-state index contributed by atoms with van der Waals surface area (Å²) in [6, 6.07) is 15.8. The van der Waals surface area contributed by atoms with Gasteiger partial charge in [0.05, 0.1) is 37.9 Å². The number of carbonyl (C=O) groups is 2. The number of piperidine rings is 1. The van der Waals surface area contributed by atoms with Gasteiger partial charge in [-0.25, -0.2) is 5.01 Å². The maximum absolute atomic E-state index is 13.5. The van der Waals surface area contributed by atoms with Gasteiger partial charge in [0.25, 0.3) is 5.91 Å². The van der Waals surface area contributed by atoms with Crippen LogP contribution in [0.3, 0.4) is 0 Å². The number of rotatable bonds is 7. The van der Waals surface area contributed by atoms with Crippen molar-refractivity contribution in [2.24, 2.45) is 11.0 Å². The highest BCUT2D eigenvalue weighted by Gasteiger charge is 2.35. The van der Waals surface area contributed by atoms with E-state index in [2.05, 4.69) is 24.0 Å². The van der Waals surface area contributed by atoms with E-state index in [0.717, 1.165) is 28.2 Å². The molecule has 0 spiro atoms. The topological polar surface area (TPSA) is 71.4 Å². The summed E-state index contributed by atoms with van der Waals surface area (Å²) in [6.07, 6.45) is 2.09. The molecule has 1 saturated heterocycles. The summed E-state index contributed by atoms with van der Waals surface area (Å²) in [4.78, 5) is 27.6. The summed E-state index contributed by atoms with van der Waals surface area (Å²) in [5.41, 5.74) is 4.14.